The topological polar surface area (TPSA) is 69.5 Å². The number of amides is 1. The number of morpholine rings is 1. The molecule has 3 N–H and O–H groups in total. The van der Waals surface area contributed by atoms with Crippen molar-refractivity contribution >= 4 is 12.1 Å². The molecule has 0 aliphatic carbocycles. The normalized spacial score (nSPS) is 18.8. The summed E-state index contributed by atoms with van der Waals surface area (Å²) in [5.41, 5.74) is 5.60. The van der Waals surface area contributed by atoms with Crippen LogP contribution in [-0.4, -0.2) is 48.9 Å². The summed E-state index contributed by atoms with van der Waals surface area (Å²) in [6.45, 7) is 8.09. The van der Waals surface area contributed by atoms with E-state index in [0.717, 1.165) is 0 Å². The molecule has 5 nitrogen and oxygen atoms in total. The first kappa shape index (κ1) is 13.7. The molecule has 96 valence electrons. The predicted octanol–water partition coefficient (Wildman–Crippen LogP) is -1.36. The molecule has 1 heterocycles. The third kappa shape index (κ3) is 4.19. The summed E-state index contributed by atoms with van der Waals surface area (Å²) in [4.78, 5) is 17.1. The third-order valence-corrected chi connectivity index (χ3v) is 2.62. The van der Waals surface area contributed by atoms with Crippen LogP contribution in [0.4, 0.5) is 0 Å². The Hall–Kier alpha value is -1.36. The van der Waals surface area contributed by atoms with Crippen molar-refractivity contribution in [2.45, 2.75) is 26.3 Å². The monoisotopic (exact) mass is 240 g/mol. The number of nitrogens with one attached hydrogen (secondary N) is 1. The van der Waals surface area contributed by atoms with E-state index >= 15 is 0 Å². The van der Waals surface area contributed by atoms with Crippen molar-refractivity contribution in [1.29, 1.82) is 0 Å². The first-order valence-corrected chi connectivity index (χ1v) is 5.84. The van der Waals surface area contributed by atoms with Gasteiger partial charge in [-0.2, -0.15) is 0 Å². The Morgan fingerprint density at radius 2 is 2.00 bits per heavy atom. The van der Waals surface area contributed by atoms with Gasteiger partial charge < -0.3 is 15.4 Å². The first-order valence-electron chi connectivity index (χ1n) is 5.84. The first-order chi connectivity index (χ1) is 7.93. The molecule has 0 radical (unpaired) electrons. The summed E-state index contributed by atoms with van der Waals surface area (Å²) >= 11 is 0. The lowest BCUT2D eigenvalue weighted by Gasteiger charge is -2.29. The smallest absolute Gasteiger partial charge is 0.293 e. The van der Waals surface area contributed by atoms with Crippen LogP contribution in [0.15, 0.2) is 11.8 Å². The average Bonchev–Trinajstić information content (AvgIpc) is 2.28. The number of allylic oxidation sites excluding steroid dienone is 2. The molecule has 1 amide bonds. The fourth-order valence-electron chi connectivity index (χ4n) is 1.60. The fourth-order valence-corrected chi connectivity index (χ4v) is 1.60. The molecule has 0 unspecified atom stereocenters. The number of ether oxygens (including phenoxy) is 1. The number of hydrogen-bond donors (Lipinski definition) is 2. The summed E-state index contributed by atoms with van der Waals surface area (Å²) in [6.07, 6.45) is 3.46. The Labute approximate surface area is 102 Å². The van der Waals surface area contributed by atoms with E-state index in [0.29, 0.717) is 32.0 Å². The molecule has 0 aromatic heterocycles. The molecule has 1 saturated heterocycles. The van der Waals surface area contributed by atoms with Crippen molar-refractivity contribution in [3.8, 4) is 0 Å². The van der Waals surface area contributed by atoms with Crippen molar-refractivity contribution in [1.82, 2.24) is 4.90 Å². The van der Waals surface area contributed by atoms with E-state index in [1.807, 2.05) is 18.7 Å². The number of nitrogens with zero attached hydrogens (tertiary/aromatic N) is 1. The minimum Gasteiger partial charge on any atom is -0.402 e. The molecule has 1 fully saturated rings. The Bertz CT molecular complexity index is 325. The summed E-state index contributed by atoms with van der Waals surface area (Å²) in [5.74, 6) is 0.0834. The summed E-state index contributed by atoms with van der Waals surface area (Å²) in [5, 5.41) is 0. The zero-order valence-corrected chi connectivity index (χ0v) is 10.8. The Balaban J connectivity index is 2.64. The van der Waals surface area contributed by atoms with Gasteiger partial charge >= 0.3 is 0 Å². The van der Waals surface area contributed by atoms with Crippen LogP contribution in [0.3, 0.4) is 0 Å². The van der Waals surface area contributed by atoms with E-state index in [2.05, 4.69) is 4.99 Å². The quantitative estimate of drug-likeness (QED) is 0.599. The number of rotatable bonds is 3. The van der Waals surface area contributed by atoms with Gasteiger partial charge in [-0.25, -0.2) is 4.99 Å². The second kappa shape index (κ2) is 5.82. The molecular weight excluding hydrogens is 218 g/mol. The highest BCUT2D eigenvalue weighted by atomic mass is 16.5. The van der Waals surface area contributed by atoms with Crippen LogP contribution in [-0.2, 0) is 9.53 Å². The molecule has 17 heavy (non-hydrogen) atoms. The van der Waals surface area contributed by atoms with Crippen molar-refractivity contribution in [2.75, 3.05) is 26.3 Å². The van der Waals surface area contributed by atoms with E-state index in [-0.39, 0.29) is 5.91 Å². The van der Waals surface area contributed by atoms with Crippen molar-refractivity contribution in [3.05, 3.63) is 11.8 Å². The van der Waals surface area contributed by atoms with Gasteiger partial charge in [0, 0.05) is 38.7 Å². The van der Waals surface area contributed by atoms with Crippen molar-refractivity contribution in [2.24, 2.45) is 5.73 Å². The highest BCUT2D eigenvalue weighted by Gasteiger charge is 2.36. The van der Waals surface area contributed by atoms with Gasteiger partial charge in [0.1, 0.15) is 0 Å². The maximum absolute atomic E-state index is 12.2. The average molecular weight is 240 g/mol. The fraction of sp³-hybridized carbons (Fsp3) is 0.667. The minimum absolute atomic E-state index is 0.0834. The zero-order chi connectivity index (χ0) is 12.9. The van der Waals surface area contributed by atoms with Crippen LogP contribution < -0.4 is 10.7 Å². The summed E-state index contributed by atoms with van der Waals surface area (Å²) in [7, 11) is 0. The van der Waals surface area contributed by atoms with Gasteiger partial charge in [-0.3, -0.25) is 4.79 Å². The molecule has 0 spiro atoms. The van der Waals surface area contributed by atoms with Gasteiger partial charge in [-0.05, 0) is 6.92 Å². The SMILES string of the molecule is CC(N)=CC=[NH+]C(C)(C)C(=O)N1CCOCC1. The maximum Gasteiger partial charge on any atom is 0.293 e. The zero-order valence-electron chi connectivity index (χ0n) is 10.8. The molecular formula is C12H22N3O2+. The van der Waals surface area contributed by atoms with Crippen LogP contribution in [0, 0.1) is 0 Å². The van der Waals surface area contributed by atoms with E-state index in [1.54, 1.807) is 19.2 Å². The second-order valence-electron chi connectivity index (χ2n) is 4.75. The third-order valence-electron chi connectivity index (χ3n) is 2.62. The highest BCUT2D eigenvalue weighted by Crippen LogP contribution is 2.05. The lowest BCUT2D eigenvalue weighted by Crippen LogP contribution is -2.87. The molecule has 5 heteroatoms. The molecule has 1 aliphatic rings. The van der Waals surface area contributed by atoms with Crippen molar-refractivity contribution < 1.29 is 14.5 Å². The van der Waals surface area contributed by atoms with Crippen LogP contribution in [0.25, 0.3) is 0 Å². The van der Waals surface area contributed by atoms with E-state index in [4.69, 9.17) is 10.5 Å². The lowest BCUT2D eigenvalue weighted by molar-refractivity contribution is -0.522. The van der Waals surface area contributed by atoms with Gasteiger partial charge in [0.05, 0.1) is 13.2 Å². The number of hydrogen-bond acceptors (Lipinski definition) is 3. The molecule has 0 aromatic rings. The predicted molar refractivity (Wildman–Crippen MR) is 66.4 cm³/mol. The number of carbonyl (C=O) groups excluding carboxylic acids is 1. The Morgan fingerprint density at radius 3 is 2.53 bits per heavy atom. The van der Waals surface area contributed by atoms with Crippen LogP contribution in [0.1, 0.15) is 20.8 Å². The molecule has 0 bridgehead atoms. The Morgan fingerprint density at radius 1 is 1.41 bits per heavy atom. The molecule has 0 saturated carbocycles. The minimum atomic E-state index is -0.622. The van der Waals surface area contributed by atoms with Crippen molar-refractivity contribution in [3.63, 3.8) is 0 Å². The lowest BCUT2D eigenvalue weighted by atomic mass is 10.0. The highest BCUT2D eigenvalue weighted by molar-refractivity contribution is 5.84. The second-order valence-corrected chi connectivity index (χ2v) is 4.75. The van der Waals surface area contributed by atoms with E-state index in [1.165, 1.54) is 0 Å². The largest absolute Gasteiger partial charge is 0.402 e. The Kier molecular flexibility index (Phi) is 4.69. The van der Waals surface area contributed by atoms with Crippen LogP contribution in [0.5, 0.6) is 0 Å². The number of carbonyl (C=O) groups is 1. The van der Waals surface area contributed by atoms with Gasteiger partial charge in [-0.15, -0.1) is 0 Å². The van der Waals surface area contributed by atoms with Gasteiger partial charge in [-0.1, -0.05) is 0 Å². The van der Waals surface area contributed by atoms with Gasteiger partial charge in [0.2, 0.25) is 5.54 Å². The van der Waals surface area contributed by atoms with Gasteiger partial charge in [0.25, 0.3) is 5.91 Å². The standard InChI is InChI=1S/C12H21N3O2/c1-10(13)4-5-14-12(2,3)11(16)15-6-8-17-9-7-15/h4-5H,6-9,13H2,1-3H3/p+1. The van der Waals surface area contributed by atoms with E-state index in [9.17, 15) is 4.79 Å². The van der Waals surface area contributed by atoms with Gasteiger partial charge in [0.15, 0.2) is 6.21 Å². The molecule has 0 aromatic carbocycles. The summed E-state index contributed by atoms with van der Waals surface area (Å²) in [6, 6.07) is 0. The molecule has 0 atom stereocenters. The van der Waals surface area contributed by atoms with Crippen LogP contribution >= 0.6 is 0 Å². The number of nitrogens with two attached hydrogens (primary N) is 1. The molecule has 1 rings (SSSR count). The maximum atomic E-state index is 12.2. The van der Waals surface area contributed by atoms with E-state index < -0.39 is 5.54 Å². The van der Waals surface area contributed by atoms with Crippen LogP contribution in [0.2, 0.25) is 0 Å². The summed E-state index contributed by atoms with van der Waals surface area (Å²) < 4.78 is 5.23. The molecule has 1 aliphatic heterocycles.